The number of benzene rings is 1. The van der Waals surface area contributed by atoms with Gasteiger partial charge >= 0.3 is 0 Å². The van der Waals surface area contributed by atoms with Crippen LogP contribution in [0.5, 0.6) is 0 Å². The molecule has 1 aromatic carbocycles. The average molecular weight is 433 g/mol. The number of amides is 1. The van der Waals surface area contributed by atoms with Crippen LogP contribution in [0.1, 0.15) is 48.6 Å². The van der Waals surface area contributed by atoms with E-state index in [1.54, 1.807) is 11.3 Å². The molecule has 5 nitrogen and oxygen atoms in total. The third kappa shape index (κ3) is 4.90. The summed E-state index contributed by atoms with van der Waals surface area (Å²) in [6.07, 6.45) is 4.76. The molecule has 156 valence electrons. The summed E-state index contributed by atoms with van der Waals surface area (Å²) in [5.41, 5.74) is 1.12. The van der Waals surface area contributed by atoms with Gasteiger partial charge in [0.2, 0.25) is 5.91 Å². The van der Waals surface area contributed by atoms with Crippen molar-refractivity contribution in [3.8, 4) is 0 Å². The van der Waals surface area contributed by atoms with E-state index in [0.717, 1.165) is 31.2 Å². The van der Waals surface area contributed by atoms with Gasteiger partial charge in [0.25, 0.3) is 0 Å². The minimum Gasteiger partial charge on any atom is -0.335 e. The molecule has 1 aliphatic heterocycles. The van der Waals surface area contributed by atoms with Gasteiger partial charge in [-0.25, -0.2) is 8.42 Å². The summed E-state index contributed by atoms with van der Waals surface area (Å²) in [6, 6.07) is 14.2. The maximum atomic E-state index is 13.3. The average Bonchev–Trinajstić information content (AvgIpc) is 3.46. The van der Waals surface area contributed by atoms with Gasteiger partial charge in [0.05, 0.1) is 24.1 Å². The van der Waals surface area contributed by atoms with Gasteiger partial charge in [-0.3, -0.25) is 10.1 Å². The van der Waals surface area contributed by atoms with E-state index in [0.29, 0.717) is 6.42 Å². The molecule has 2 aliphatic rings. The quantitative estimate of drug-likeness (QED) is 0.728. The SMILES string of the molecule is O=C(CN[C@H](c1ccccc1)c1cccs1)N(C1CCCC1)[C@@H]1CCS(=O)(=O)C1. The normalized spacial score (nSPS) is 22.6. The highest BCUT2D eigenvalue weighted by Gasteiger charge is 2.39. The van der Waals surface area contributed by atoms with Crippen molar-refractivity contribution in [3.05, 3.63) is 58.3 Å². The van der Waals surface area contributed by atoms with Crippen molar-refractivity contribution in [2.45, 2.75) is 50.2 Å². The number of hydrogen-bond acceptors (Lipinski definition) is 5. The first-order chi connectivity index (χ1) is 14.0. The molecular weight excluding hydrogens is 404 g/mol. The predicted octanol–water partition coefficient (Wildman–Crippen LogP) is 3.39. The van der Waals surface area contributed by atoms with E-state index < -0.39 is 9.84 Å². The molecular formula is C22H28N2O3S2. The van der Waals surface area contributed by atoms with Gasteiger partial charge in [-0.1, -0.05) is 49.2 Å². The van der Waals surface area contributed by atoms with Crippen molar-refractivity contribution in [2.24, 2.45) is 0 Å². The maximum Gasteiger partial charge on any atom is 0.237 e. The third-order valence-corrected chi connectivity index (χ3v) is 8.71. The standard InChI is InChI=1S/C22H28N2O3S2/c25-21(24(18-9-4-5-10-18)19-12-14-29(26,27)16-19)15-23-22(20-11-6-13-28-20)17-7-2-1-3-8-17/h1-3,6-8,11,13,18-19,22-23H,4-5,9-10,12,14-16H2/t19-,22-/m1/s1. The highest BCUT2D eigenvalue weighted by atomic mass is 32.2. The summed E-state index contributed by atoms with van der Waals surface area (Å²) in [5, 5.41) is 5.50. The summed E-state index contributed by atoms with van der Waals surface area (Å²) >= 11 is 1.67. The van der Waals surface area contributed by atoms with Crippen molar-refractivity contribution < 1.29 is 13.2 Å². The number of sulfone groups is 1. The number of hydrogen-bond donors (Lipinski definition) is 1. The van der Waals surface area contributed by atoms with E-state index in [9.17, 15) is 13.2 Å². The van der Waals surface area contributed by atoms with Gasteiger partial charge in [-0.15, -0.1) is 11.3 Å². The Hall–Kier alpha value is -1.70. The molecule has 2 fully saturated rings. The maximum absolute atomic E-state index is 13.3. The van der Waals surface area contributed by atoms with Crippen LogP contribution >= 0.6 is 11.3 Å². The van der Waals surface area contributed by atoms with Gasteiger partial charge in [0.1, 0.15) is 0 Å². The van der Waals surface area contributed by atoms with E-state index in [1.165, 1.54) is 4.88 Å². The second-order valence-corrected chi connectivity index (χ2v) is 11.2. The van der Waals surface area contributed by atoms with Crippen molar-refractivity contribution in [2.75, 3.05) is 18.1 Å². The molecule has 2 heterocycles. The number of carbonyl (C=O) groups is 1. The molecule has 0 spiro atoms. The fraction of sp³-hybridized carbons (Fsp3) is 0.500. The number of nitrogens with zero attached hydrogens (tertiary/aromatic N) is 1. The van der Waals surface area contributed by atoms with Crippen molar-refractivity contribution in [1.29, 1.82) is 0 Å². The van der Waals surface area contributed by atoms with Crippen molar-refractivity contribution in [1.82, 2.24) is 10.2 Å². The Morgan fingerprint density at radius 3 is 2.45 bits per heavy atom. The Morgan fingerprint density at radius 1 is 1.07 bits per heavy atom. The summed E-state index contributed by atoms with van der Waals surface area (Å²) in [7, 11) is -3.03. The van der Waals surface area contributed by atoms with Crippen LogP contribution in [-0.2, 0) is 14.6 Å². The molecule has 0 bridgehead atoms. The van der Waals surface area contributed by atoms with Crippen LogP contribution in [0.2, 0.25) is 0 Å². The molecule has 7 heteroatoms. The van der Waals surface area contributed by atoms with Gasteiger partial charge in [0, 0.05) is 17.0 Å². The molecule has 2 aromatic rings. The lowest BCUT2D eigenvalue weighted by molar-refractivity contribution is -0.134. The molecule has 1 aromatic heterocycles. The molecule has 29 heavy (non-hydrogen) atoms. The second kappa shape index (κ2) is 8.98. The van der Waals surface area contributed by atoms with Crippen molar-refractivity contribution in [3.63, 3.8) is 0 Å². The first-order valence-electron chi connectivity index (χ1n) is 10.4. The first kappa shape index (κ1) is 20.6. The van der Waals surface area contributed by atoms with Gasteiger partial charge in [-0.2, -0.15) is 0 Å². The minimum absolute atomic E-state index is 0.0245. The van der Waals surface area contributed by atoms with Crippen LogP contribution in [0.4, 0.5) is 0 Å². The number of carbonyl (C=O) groups excluding carboxylic acids is 1. The van der Waals surface area contributed by atoms with Crippen LogP contribution in [-0.4, -0.2) is 49.4 Å². The van der Waals surface area contributed by atoms with Gasteiger partial charge < -0.3 is 4.90 Å². The third-order valence-electron chi connectivity index (χ3n) is 6.03. The molecule has 1 saturated heterocycles. The van der Waals surface area contributed by atoms with E-state index in [1.807, 2.05) is 34.5 Å². The molecule has 0 unspecified atom stereocenters. The van der Waals surface area contributed by atoms with Gasteiger partial charge in [-0.05, 0) is 36.3 Å². The topological polar surface area (TPSA) is 66.5 Å². The van der Waals surface area contributed by atoms with E-state index in [-0.39, 0.29) is 42.1 Å². The number of nitrogens with one attached hydrogen (secondary N) is 1. The Bertz CT molecular complexity index is 907. The fourth-order valence-electron chi connectivity index (χ4n) is 4.65. The number of thiophene rings is 1. The lowest BCUT2D eigenvalue weighted by Crippen LogP contribution is -2.50. The Labute approximate surface area is 177 Å². The molecule has 4 rings (SSSR count). The van der Waals surface area contributed by atoms with E-state index >= 15 is 0 Å². The molecule has 1 amide bonds. The predicted molar refractivity (Wildman–Crippen MR) is 117 cm³/mol. The Balaban J connectivity index is 1.50. The largest absolute Gasteiger partial charge is 0.335 e. The molecule has 1 saturated carbocycles. The zero-order chi connectivity index (χ0) is 20.3. The van der Waals surface area contributed by atoms with Crippen LogP contribution < -0.4 is 5.32 Å². The zero-order valence-electron chi connectivity index (χ0n) is 16.5. The van der Waals surface area contributed by atoms with Crippen LogP contribution in [0, 0.1) is 0 Å². The Kier molecular flexibility index (Phi) is 6.37. The van der Waals surface area contributed by atoms with E-state index in [2.05, 4.69) is 23.5 Å². The molecule has 2 atom stereocenters. The highest BCUT2D eigenvalue weighted by Crippen LogP contribution is 2.30. The number of rotatable bonds is 7. The van der Waals surface area contributed by atoms with Crippen LogP contribution in [0.25, 0.3) is 0 Å². The van der Waals surface area contributed by atoms with Crippen LogP contribution in [0.15, 0.2) is 47.8 Å². The Morgan fingerprint density at radius 2 is 1.83 bits per heavy atom. The summed E-state index contributed by atoms with van der Waals surface area (Å²) in [6.45, 7) is 0.213. The zero-order valence-corrected chi connectivity index (χ0v) is 18.1. The smallest absolute Gasteiger partial charge is 0.237 e. The monoisotopic (exact) mass is 432 g/mol. The highest BCUT2D eigenvalue weighted by molar-refractivity contribution is 7.91. The van der Waals surface area contributed by atoms with Gasteiger partial charge in [0.15, 0.2) is 9.84 Å². The van der Waals surface area contributed by atoms with Crippen molar-refractivity contribution >= 4 is 27.1 Å². The van der Waals surface area contributed by atoms with Crippen LogP contribution in [0.3, 0.4) is 0 Å². The van der Waals surface area contributed by atoms with E-state index in [4.69, 9.17) is 0 Å². The minimum atomic E-state index is -3.03. The fourth-order valence-corrected chi connectivity index (χ4v) is 7.19. The summed E-state index contributed by atoms with van der Waals surface area (Å²) < 4.78 is 24.1. The molecule has 0 radical (unpaired) electrons. The molecule has 1 N–H and O–H groups in total. The molecule has 1 aliphatic carbocycles. The lowest BCUT2D eigenvalue weighted by atomic mass is 10.1. The lowest BCUT2D eigenvalue weighted by Gasteiger charge is -2.34. The summed E-state index contributed by atoms with van der Waals surface area (Å²) in [5.74, 6) is 0.336. The second-order valence-electron chi connectivity index (χ2n) is 8.04. The summed E-state index contributed by atoms with van der Waals surface area (Å²) in [4.78, 5) is 16.4. The first-order valence-corrected chi connectivity index (χ1v) is 13.1.